The largest absolute Gasteiger partial charge is 0.338 e. The van der Waals surface area contributed by atoms with Crippen LogP contribution >= 0.6 is 31.9 Å². The topological polar surface area (TPSA) is 28.7 Å². The van der Waals surface area contributed by atoms with Crippen LogP contribution in [0.3, 0.4) is 0 Å². The summed E-state index contributed by atoms with van der Waals surface area (Å²) in [5, 5.41) is 0. The molecule has 0 radical (unpaired) electrons. The molecule has 0 aliphatic heterocycles. The maximum Gasteiger partial charge on any atom is 0.139 e. The van der Waals surface area contributed by atoms with Gasteiger partial charge in [-0.1, -0.05) is 22.0 Å². The summed E-state index contributed by atoms with van der Waals surface area (Å²) in [4.78, 5) is 7.64. The molecule has 1 N–H and O–H groups in total. The Labute approximate surface area is 119 Å². The van der Waals surface area contributed by atoms with Crippen LogP contribution in [-0.2, 0) is 0 Å². The molecule has 0 aliphatic rings. The molecule has 0 aliphatic carbocycles. The standard InChI is InChI=1S/C13H7Br2FN2/c14-7-4-5-10-11(6-7)18-13(17-10)8-2-1-3-9(16)12(8)15/h1-6H,(H,17,18). The monoisotopic (exact) mass is 368 g/mol. The number of halogens is 3. The van der Waals surface area contributed by atoms with Gasteiger partial charge < -0.3 is 4.98 Å². The minimum Gasteiger partial charge on any atom is -0.338 e. The fourth-order valence-electron chi connectivity index (χ4n) is 1.80. The van der Waals surface area contributed by atoms with Crippen LogP contribution in [0.15, 0.2) is 45.3 Å². The highest BCUT2D eigenvalue weighted by Gasteiger charge is 2.11. The average Bonchev–Trinajstić information content (AvgIpc) is 2.75. The van der Waals surface area contributed by atoms with Crippen LogP contribution in [0.25, 0.3) is 22.4 Å². The Kier molecular flexibility index (Phi) is 2.95. The van der Waals surface area contributed by atoms with Crippen molar-refractivity contribution < 1.29 is 4.39 Å². The average molecular weight is 370 g/mol. The quantitative estimate of drug-likeness (QED) is 0.649. The Hall–Kier alpha value is -1.20. The van der Waals surface area contributed by atoms with Crippen molar-refractivity contribution in [1.82, 2.24) is 9.97 Å². The summed E-state index contributed by atoms with van der Waals surface area (Å²) in [6.45, 7) is 0. The molecule has 0 saturated heterocycles. The van der Waals surface area contributed by atoms with Gasteiger partial charge in [-0.2, -0.15) is 0 Å². The van der Waals surface area contributed by atoms with Crippen LogP contribution in [-0.4, -0.2) is 9.97 Å². The van der Waals surface area contributed by atoms with E-state index in [9.17, 15) is 4.39 Å². The normalized spacial score (nSPS) is 11.1. The molecule has 2 aromatic carbocycles. The van der Waals surface area contributed by atoms with Gasteiger partial charge in [0, 0.05) is 10.0 Å². The van der Waals surface area contributed by atoms with Crippen molar-refractivity contribution in [3.05, 3.63) is 51.2 Å². The number of hydrogen-bond donors (Lipinski definition) is 1. The molecular weight excluding hydrogens is 363 g/mol. The van der Waals surface area contributed by atoms with E-state index in [0.717, 1.165) is 15.5 Å². The van der Waals surface area contributed by atoms with Gasteiger partial charge >= 0.3 is 0 Å². The number of aromatic amines is 1. The smallest absolute Gasteiger partial charge is 0.139 e. The number of benzene rings is 2. The zero-order valence-corrected chi connectivity index (χ0v) is 12.2. The molecule has 2 nitrogen and oxygen atoms in total. The van der Waals surface area contributed by atoms with Crippen molar-refractivity contribution in [3.8, 4) is 11.4 Å². The predicted octanol–water partition coefficient (Wildman–Crippen LogP) is 4.89. The van der Waals surface area contributed by atoms with Crippen LogP contribution in [0.4, 0.5) is 4.39 Å². The molecule has 0 bridgehead atoms. The fraction of sp³-hybridized carbons (Fsp3) is 0. The molecule has 1 aromatic heterocycles. The Bertz CT molecular complexity index is 737. The molecule has 0 unspecified atom stereocenters. The first-order valence-electron chi connectivity index (χ1n) is 5.25. The highest BCUT2D eigenvalue weighted by molar-refractivity contribution is 9.10. The lowest BCUT2D eigenvalue weighted by Gasteiger charge is -2.00. The van der Waals surface area contributed by atoms with Gasteiger partial charge in [0.25, 0.3) is 0 Å². The Balaban J connectivity index is 2.22. The molecule has 1 heterocycles. The van der Waals surface area contributed by atoms with Gasteiger partial charge in [0.2, 0.25) is 0 Å². The van der Waals surface area contributed by atoms with Gasteiger partial charge in [0.05, 0.1) is 15.5 Å². The molecule has 90 valence electrons. The molecule has 18 heavy (non-hydrogen) atoms. The van der Waals surface area contributed by atoms with Crippen molar-refractivity contribution in [1.29, 1.82) is 0 Å². The SMILES string of the molecule is Fc1cccc(-c2nc3ccc(Br)cc3[nH]2)c1Br. The van der Waals surface area contributed by atoms with Gasteiger partial charge in [-0.15, -0.1) is 0 Å². The van der Waals surface area contributed by atoms with Crippen LogP contribution < -0.4 is 0 Å². The van der Waals surface area contributed by atoms with Crippen molar-refractivity contribution in [2.45, 2.75) is 0 Å². The highest BCUT2D eigenvalue weighted by atomic mass is 79.9. The van der Waals surface area contributed by atoms with Gasteiger partial charge in [0.1, 0.15) is 11.6 Å². The van der Waals surface area contributed by atoms with Crippen molar-refractivity contribution >= 4 is 42.9 Å². The second-order valence-electron chi connectivity index (χ2n) is 3.85. The molecule has 0 amide bonds. The second-order valence-corrected chi connectivity index (χ2v) is 5.56. The second kappa shape index (κ2) is 4.48. The van der Waals surface area contributed by atoms with E-state index in [2.05, 4.69) is 41.8 Å². The molecular formula is C13H7Br2FN2. The molecule has 0 spiro atoms. The van der Waals surface area contributed by atoms with Gasteiger partial charge in [-0.25, -0.2) is 9.37 Å². The third kappa shape index (κ3) is 1.97. The number of nitrogens with one attached hydrogen (secondary N) is 1. The number of fused-ring (bicyclic) bond motifs is 1. The number of H-pyrrole nitrogens is 1. The third-order valence-electron chi connectivity index (χ3n) is 2.65. The van der Waals surface area contributed by atoms with Crippen LogP contribution in [0, 0.1) is 5.82 Å². The van der Waals surface area contributed by atoms with Gasteiger partial charge in [-0.3, -0.25) is 0 Å². The summed E-state index contributed by atoms with van der Waals surface area (Å²) < 4.78 is 14.9. The Morgan fingerprint density at radius 1 is 1.11 bits per heavy atom. The van der Waals surface area contributed by atoms with Crippen molar-refractivity contribution in [2.75, 3.05) is 0 Å². The summed E-state index contributed by atoms with van der Waals surface area (Å²) in [7, 11) is 0. The summed E-state index contributed by atoms with van der Waals surface area (Å²) in [5.74, 6) is 0.351. The molecule has 0 saturated carbocycles. The van der Waals surface area contributed by atoms with E-state index in [-0.39, 0.29) is 5.82 Å². The molecule has 3 rings (SSSR count). The number of hydrogen-bond acceptors (Lipinski definition) is 1. The molecule has 0 atom stereocenters. The lowest BCUT2D eigenvalue weighted by atomic mass is 10.2. The van der Waals surface area contributed by atoms with E-state index < -0.39 is 0 Å². The number of aromatic nitrogens is 2. The summed E-state index contributed by atoms with van der Waals surface area (Å²) >= 11 is 6.65. The highest BCUT2D eigenvalue weighted by Crippen LogP contribution is 2.30. The minimum atomic E-state index is -0.297. The van der Waals surface area contributed by atoms with E-state index in [4.69, 9.17) is 0 Å². The third-order valence-corrected chi connectivity index (χ3v) is 3.95. The van der Waals surface area contributed by atoms with Crippen LogP contribution in [0.1, 0.15) is 0 Å². The fourth-order valence-corrected chi connectivity index (χ4v) is 2.61. The molecule has 5 heteroatoms. The zero-order valence-electron chi connectivity index (χ0n) is 9.05. The summed E-state index contributed by atoms with van der Waals surface area (Å²) in [6, 6.07) is 10.7. The first-order chi connectivity index (χ1) is 8.65. The van der Waals surface area contributed by atoms with Crippen LogP contribution in [0.5, 0.6) is 0 Å². The van der Waals surface area contributed by atoms with E-state index in [0.29, 0.717) is 15.9 Å². The molecule has 0 fully saturated rings. The van der Waals surface area contributed by atoms with Crippen molar-refractivity contribution in [2.24, 2.45) is 0 Å². The molecule has 3 aromatic rings. The summed E-state index contributed by atoms with van der Waals surface area (Å²) in [5.41, 5.74) is 2.47. The van der Waals surface area contributed by atoms with Crippen LogP contribution in [0.2, 0.25) is 0 Å². The van der Waals surface area contributed by atoms with E-state index in [1.54, 1.807) is 6.07 Å². The lowest BCUT2D eigenvalue weighted by molar-refractivity contribution is 0.621. The number of rotatable bonds is 1. The Morgan fingerprint density at radius 2 is 1.94 bits per heavy atom. The maximum atomic E-state index is 13.5. The van der Waals surface area contributed by atoms with E-state index in [1.807, 2.05) is 24.3 Å². The first kappa shape index (κ1) is 11.9. The van der Waals surface area contributed by atoms with Gasteiger partial charge in [-0.05, 0) is 46.3 Å². The minimum absolute atomic E-state index is 0.297. The zero-order chi connectivity index (χ0) is 12.7. The van der Waals surface area contributed by atoms with E-state index in [1.165, 1.54) is 6.07 Å². The lowest BCUT2D eigenvalue weighted by Crippen LogP contribution is -1.85. The van der Waals surface area contributed by atoms with E-state index >= 15 is 0 Å². The number of nitrogens with zero attached hydrogens (tertiary/aromatic N) is 1. The predicted molar refractivity (Wildman–Crippen MR) is 76.9 cm³/mol. The van der Waals surface area contributed by atoms with Gasteiger partial charge in [0.15, 0.2) is 0 Å². The number of imidazole rings is 1. The Morgan fingerprint density at radius 3 is 2.78 bits per heavy atom. The van der Waals surface area contributed by atoms with Crippen molar-refractivity contribution in [3.63, 3.8) is 0 Å². The maximum absolute atomic E-state index is 13.5. The first-order valence-corrected chi connectivity index (χ1v) is 6.83. The summed E-state index contributed by atoms with van der Waals surface area (Å²) in [6.07, 6.45) is 0.